The van der Waals surface area contributed by atoms with E-state index in [-0.39, 0.29) is 17.4 Å². The summed E-state index contributed by atoms with van der Waals surface area (Å²) in [6, 6.07) is 15.3. The molecule has 1 aliphatic heterocycles. The molecule has 2 aromatic carbocycles. The molecule has 1 atom stereocenters. The number of aryl methyl sites for hydroxylation is 2. The zero-order chi connectivity index (χ0) is 23.8. The molecular weight excluding hydrogens is 430 g/mol. The van der Waals surface area contributed by atoms with Gasteiger partial charge in [-0.2, -0.15) is 0 Å². The molecule has 174 valence electrons. The van der Waals surface area contributed by atoms with E-state index in [0.717, 1.165) is 25.7 Å². The van der Waals surface area contributed by atoms with Gasteiger partial charge in [0.25, 0.3) is 11.7 Å². The number of carbonyl (C=O) groups is 2. The van der Waals surface area contributed by atoms with E-state index >= 15 is 0 Å². The summed E-state index contributed by atoms with van der Waals surface area (Å²) in [5, 5.41) is 11.3. The van der Waals surface area contributed by atoms with Gasteiger partial charge in [0.05, 0.1) is 17.9 Å². The molecule has 6 nitrogen and oxygen atoms in total. The van der Waals surface area contributed by atoms with Gasteiger partial charge in [0.1, 0.15) is 23.3 Å². The van der Waals surface area contributed by atoms with Crippen LogP contribution in [0.2, 0.25) is 0 Å². The van der Waals surface area contributed by atoms with E-state index < -0.39 is 17.7 Å². The largest absolute Gasteiger partial charge is 0.507 e. The zero-order valence-corrected chi connectivity index (χ0v) is 19.3. The third-order valence-electron chi connectivity index (χ3n) is 6.37. The van der Waals surface area contributed by atoms with E-state index in [1.54, 1.807) is 36.4 Å². The first-order valence-corrected chi connectivity index (χ1v) is 11.7. The lowest BCUT2D eigenvalue weighted by atomic mass is 9.89. The van der Waals surface area contributed by atoms with Crippen LogP contribution in [-0.4, -0.2) is 22.9 Å². The lowest BCUT2D eigenvalue weighted by Gasteiger charge is -2.24. The number of benzene rings is 2. The average molecular weight is 458 g/mol. The SMILES string of the molecule is CC(C)Oc1ccc(N2C(=O)C(=O)/C(=C(\O)c3ccc4c(c3)CCCC4)C2c2ccco2)cc1. The zero-order valence-electron chi connectivity index (χ0n) is 19.3. The Morgan fingerprint density at radius 1 is 1.03 bits per heavy atom. The fourth-order valence-corrected chi connectivity index (χ4v) is 4.81. The second-order valence-electron chi connectivity index (χ2n) is 9.04. The van der Waals surface area contributed by atoms with Crippen LogP contribution in [-0.2, 0) is 22.4 Å². The molecular formula is C28H27NO5. The Morgan fingerprint density at radius 2 is 1.76 bits per heavy atom. The van der Waals surface area contributed by atoms with Crippen molar-refractivity contribution < 1.29 is 23.8 Å². The van der Waals surface area contributed by atoms with Gasteiger partial charge < -0.3 is 14.3 Å². The number of amides is 1. The molecule has 34 heavy (non-hydrogen) atoms. The number of furan rings is 1. The fraction of sp³-hybridized carbons (Fsp3) is 0.286. The van der Waals surface area contributed by atoms with Gasteiger partial charge in [-0.3, -0.25) is 14.5 Å². The lowest BCUT2D eigenvalue weighted by molar-refractivity contribution is -0.132. The van der Waals surface area contributed by atoms with E-state index in [2.05, 4.69) is 0 Å². The van der Waals surface area contributed by atoms with Crippen molar-refractivity contribution in [3.63, 3.8) is 0 Å². The van der Waals surface area contributed by atoms with Crippen molar-refractivity contribution in [1.82, 2.24) is 0 Å². The Hall–Kier alpha value is -3.80. The van der Waals surface area contributed by atoms with Crippen LogP contribution in [0.15, 0.2) is 70.9 Å². The number of hydrogen-bond donors (Lipinski definition) is 1. The van der Waals surface area contributed by atoms with Crippen LogP contribution in [0, 0.1) is 0 Å². The van der Waals surface area contributed by atoms with Gasteiger partial charge in [-0.05, 0) is 93.1 Å². The predicted molar refractivity (Wildman–Crippen MR) is 129 cm³/mol. The van der Waals surface area contributed by atoms with E-state index in [4.69, 9.17) is 9.15 Å². The monoisotopic (exact) mass is 457 g/mol. The Labute approximate surface area is 198 Å². The third-order valence-corrected chi connectivity index (χ3v) is 6.37. The molecule has 5 rings (SSSR count). The minimum absolute atomic E-state index is 0.0137. The van der Waals surface area contributed by atoms with Crippen LogP contribution in [0.3, 0.4) is 0 Å². The molecule has 2 aliphatic rings. The Morgan fingerprint density at radius 3 is 2.44 bits per heavy atom. The molecule has 1 unspecified atom stereocenters. The maximum Gasteiger partial charge on any atom is 0.300 e. The number of ether oxygens (including phenoxy) is 1. The normalized spacial score (nSPS) is 19.5. The molecule has 1 N–H and O–H groups in total. The number of ketones is 1. The topological polar surface area (TPSA) is 80.0 Å². The van der Waals surface area contributed by atoms with Crippen molar-refractivity contribution >= 4 is 23.1 Å². The summed E-state index contributed by atoms with van der Waals surface area (Å²) < 4.78 is 11.3. The summed E-state index contributed by atoms with van der Waals surface area (Å²) in [6.45, 7) is 3.87. The molecule has 1 saturated heterocycles. The summed E-state index contributed by atoms with van der Waals surface area (Å²) in [4.78, 5) is 27.8. The van der Waals surface area contributed by atoms with Gasteiger partial charge in [-0.15, -0.1) is 0 Å². The Bertz CT molecular complexity index is 1250. The van der Waals surface area contributed by atoms with Gasteiger partial charge in [-0.25, -0.2) is 0 Å². The van der Waals surface area contributed by atoms with Crippen LogP contribution in [0.1, 0.15) is 55.2 Å². The average Bonchev–Trinajstić information content (AvgIpc) is 3.45. The van der Waals surface area contributed by atoms with Crippen molar-refractivity contribution in [3.05, 3.63) is 88.9 Å². The van der Waals surface area contributed by atoms with Crippen LogP contribution in [0.4, 0.5) is 5.69 Å². The van der Waals surface area contributed by atoms with Crippen LogP contribution in [0.25, 0.3) is 5.76 Å². The van der Waals surface area contributed by atoms with Gasteiger partial charge in [0.15, 0.2) is 0 Å². The van der Waals surface area contributed by atoms with Crippen LogP contribution >= 0.6 is 0 Å². The van der Waals surface area contributed by atoms with Crippen LogP contribution < -0.4 is 9.64 Å². The second kappa shape index (κ2) is 8.86. The minimum Gasteiger partial charge on any atom is -0.507 e. The minimum atomic E-state index is -0.872. The molecule has 1 fully saturated rings. The van der Waals surface area contributed by atoms with Crippen molar-refractivity contribution in [2.45, 2.75) is 51.7 Å². The summed E-state index contributed by atoms with van der Waals surface area (Å²) in [5.41, 5.74) is 3.53. The van der Waals surface area contributed by atoms with Crippen molar-refractivity contribution in [2.75, 3.05) is 4.90 Å². The molecule has 2 heterocycles. The molecule has 3 aromatic rings. The smallest absolute Gasteiger partial charge is 0.300 e. The summed E-state index contributed by atoms with van der Waals surface area (Å²) >= 11 is 0. The van der Waals surface area contributed by atoms with Gasteiger partial charge >= 0.3 is 0 Å². The first kappa shape index (κ1) is 22.0. The highest BCUT2D eigenvalue weighted by molar-refractivity contribution is 6.51. The molecule has 0 radical (unpaired) electrons. The summed E-state index contributed by atoms with van der Waals surface area (Å²) in [6.07, 6.45) is 5.72. The lowest BCUT2D eigenvalue weighted by Crippen LogP contribution is -2.29. The third kappa shape index (κ3) is 3.89. The van der Waals surface area contributed by atoms with Crippen molar-refractivity contribution in [1.29, 1.82) is 0 Å². The number of nitrogens with zero attached hydrogens (tertiary/aromatic N) is 1. The molecule has 1 amide bonds. The number of rotatable bonds is 5. The standard InChI is InChI=1S/C28H27NO5/c1-17(2)34-22-13-11-21(12-14-22)29-25(23-8-5-15-33-23)24(27(31)28(29)32)26(30)20-10-9-18-6-3-4-7-19(18)16-20/h5,8-17,25,30H,3-4,6-7H2,1-2H3/b26-24-. The molecule has 1 aliphatic carbocycles. The molecule has 0 bridgehead atoms. The van der Waals surface area contributed by atoms with Crippen LogP contribution in [0.5, 0.6) is 5.75 Å². The quantitative estimate of drug-likeness (QED) is 0.308. The number of hydrogen-bond acceptors (Lipinski definition) is 5. The molecule has 0 saturated carbocycles. The second-order valence-corrected chi connectivity index (χ2v) is 9.04. The summed E-state index contributed by atoms with van der Waals surface area (Å²) in [5.74, 6) is -0.562. The summed E-state index contributed by atoms with van der Waals surface area (Å²) in [7, 11) is 0. The van der Waals surface area contributed by atoms with E-state index in [9.17, 15) is 14.7 Å². The first-order chi connectivity index (χ1) is 16.4. The number of fused-ring (bicyclic) bond motifs is 1. The number of anilines is 1. The van der Waals surface area contributed by atoms with Crippen molar-refractivity contribution in [2.24, 2.45) is 0 Å². The number of aliphatic hydroxyl groups excluding tert-OH is 1. The fourth-order valence-electron chi connectivity index (χ4n) is 4.81. The van der Waals surface area contributed by atoms with Gasteiger partial charge in [-0.1, -0.05) is 12.1 Å². The van der Waals surface area contributed by atoms with Crippen molar-refractivity contribution in [3.8, 4) is 5.75 Å². The van der Waals surface area contributed by atoms with E-state index in [1.165, 1.54) is 22.3 Å². The van der Waals surface area contributed by atoms with Gasteiger partial charge in [0.2, 0.25) is 0 Å². The number of Topliss-reactive ketones (excluding diaryl/α,β-unsaturated/α-hetero) is 1. The predicted octanol–water partition coefficient (Wildman–Crippen LogP) is 5.57. The Balaban J connectivity index is 1.60. The molecule has 1 aromatic heterocycles. The maximum absolute atomic E-state index is 13.2. The molecule has 6 heteroatoms. The highest BCUT2D eigenvalue weighted by Crippen LogP contribution is 2.43. The highest BCUT2D eigenvalue weighted by Gasteiger charge is 2.48. The number of aliphatic hydroxyl groups is 1. The van der Waals surface area contributed by atoms with E-state index in [0.29, 0.717) is 22.8 Å². The first-order valence-electron chi connectivity index (χ1n) is 11.7. The van der Waals surface area contributed by atoms with E-state index in [1.807, 2.05) is 32.0 Å². The molecule has 0 spiro atoms. The number of carbonyl (C=O) groups excluding carboxylic acids is 2. The highest BCUT2D eigenvalue weighted by atomic mass is 16.5. The van der Waals surface area contributed by atoms with Gasteiger partial charge in [0, 0.05) is 11.3 Å². The Kier molecular flexibility index (Phi) is 5.74. The maximum atomic E-state index is 13.2.